The van der Waals surface area contributed by atoms with E-state index in [-0.39, 0.29) is 0 Å². The molecule has 1 N–H and O–H groups in total. The molecule has 2 heterocycles. The highest BCUT2D eigenvalue weighted by Gasteiger charge is 2.09. The smallest absolute Gasteiger partial charge is 0.179 e. The maximum absolute atomic E-state index is 6.03. The van der Waals surface area contributed by atoms with Crippen LogP contribution in [0, 0.1) is 0 Å². The summed E-state index contributed by atoms with van der Waals surface area (Å²) in [7, 11) is 1.69. The number of rotatable bonds is 10. The topological polar surface area (TPSA) is 85.8 Å². The molecule has 5 rings (SSSR count). The molecule has 0 fully saturated rings. The first-order valence-electron chi connectivity index (χ1n) is 11.8. The number of aromatic amines is 1. The largest absolute Gasteiger partial charge is 0.496 e. The van der Waals surface area contributed by atoms with Gasteiger partial charge in [-0.15, -0.1) is 5.10 Å². The Balaban J connectivity index is 1.13. The van der Waals surface area contributed by atoms with Gasteiger partial charge in [-0.2, -0.15) is 0 Å². The van der Waals surface area contributed by atoms with Gasteiger partial charge in [0.2, 0.25) is 0 Å². The lowest BCUT2D eigenvalue weighted by Crippen LogP contribution is -1.99. The van der Waals surface area contributed by atoms with Crippen LogP contribution in [0.5, 0.6) is 11.5 Å². The van der Waals surface area contributed by atoms with Crippen LogP contribution in [0.15, 0.2) is 78.9 Å². The van der Waals surface area contributed by atoms with E-state index >= 15 is 0 Å². The normalized spacial score (nSPS) is 11.0. The fourth-order valence-electron chi connectivity index (χ4n) is 4.16. The van der Waals surface area contributed by atoms with Crippen LogP contribution < -0.4 is 9.47 Å². The number of benzene rings is 3. The van der Waals surface area contributed by atoms with Crippen molar-refractivity contribution in [3.8, 4) is 22.9 Å². The predicted octanol–water partition coefficient (Wildman–Crippen LogP) is 5.57. The summed E-state index contributed by atoms with van der Waals surface area (Å²) >= 11 is 0. The Hall–Kier alpha value is -4.26. The fraction of sp³-hybridized carbons (Fsp3) is 0.214. The van der Waals surface area contributed by atoms with Crippen LogP contribution in [-0.4, -0.2) is 32.7 Å². The second kappa shape index (κ2) is 10.8. The molecule has 2 aromatic heterocycles. The van der Waals surface area contributed by atoms with Crippen LogP contribution in [0.4, 0.5) is 0 Å². The fourth-order valence-corrected chi connectivity index (χ4v) is 4.16. The molecular formula is C28H27N5O2. The third-order valence-electron chi connectivity index (χ3n) is 6.01. The van der Waals surface area contributed by atoms with Crippen molar-refractivity contribution in [3.63, 3.8) is 0 Å². The van der Waals surface area contributed by atoms with Gasteiger partial charge in [-0.05, 0) is 77.6 Å². The monoisotopic (exact) mass is 465 g/mol. The minimum atomic E-state index is 0.453. The molecule has 0 saturated heterocycles. The number of ether oxygens (including phenoxy) is 2. The number of aryl methyl sites for hydroxylation is 2. The van der Waals surface area contributed by atoms with Crippen molar-refractivity contribution in [1.29, 1.82) is 0 Å². The van der Waals surface area contributed by atoms with E-state index in [4.69, 9.17) is 9.47 Å². The number of unbranched alkanes of at least 4 members (excludes halogenated alkanes) is 1. The maximum atomic E-state index is 6.03. The van der Waals surface area contributed by atoms with Gasteiger partial charge < -0.3 is 9.47 Å². The minimum Gasteiger partial charge on any atom is -0.496 e. The number of para-hydroxylation sites is 1. The zero-order valence-electron chi connectivity index (χ0n) is 19.6. The number of tetrazole rings is 1. The van der Waals surface area contributed by atoms with Gasteiger partial charge in [0.25, 0.3) is 0 Å². The van der Waals surface area contributed by atoms with Gasteiger partial charge in [-0.25, -0.2) is 10.1 Å². The van der Waals surface area contributed by atoms with Gasteiger partial charge in [-0.3, -0.25) is 0 Å². The number of H-pyrrole nitrogens is 1. The Bertz CT molecular complexity index is 1400. The summed E-state index contributed by atoms with van der Waals surface area (Å²) < 4.78 is 11.6. The van der Waals surface area contributed by atoms with E-state index in [1.54, 1.807) is 7.11 Å². The van der Waals surface area contributed by atoms with E-state index in [0.29, 0.717) is 12.4 Å². The average molecular weight is 466 g/mol. The number of nitrogens with one attached hydrogen (secondary N) is 1. The lowest BCUT2D eigenvalue weighted by molar-refractivity contribution is 0.301. The Morgan fingerprint density at radius 3 is 2.66 bits per heavy atom. The lowest BCUT2D eigenvalue weighted by Gasteiger charge is -2.10. The van der Waals surface area contributed by atoms with Crippen LogP contribution in [0.25, 0.3) is 22.3 Å². The molecule has 5 aromatic rings. The highest BCUT2D eigenvalue weighted by Crippen LogP contribution is 2.26. The third kappa shape index (κ3) is 5.63. The molecular weight excluding hydrogens is 438 g/mol. The lowest BCUT2D eigenvalue weighted by atomic mass is 10.0. The first-order valence-corrected chi connectivity index (χ1v) is 11.8. The molecule has 0 unspecified atom stereocenters. The molecule has 7 heteroatoms. The van der Waals surface area contributed by atoms with Crippen molar-refractivity contribution >= 4 is 10.9 Å². The van der Waals surface area contributed by atoms with Crippen molar-refractivity contribution in [2.75, 3.05) is 7.11 Å². The molecule has 0 saturated carbocycles. The molecule has 0 bridgehead atoms. The SMILES string of the molecule is COc1cc(-c2nnn[nH]2)ccc1CCCCc1cccc(OCc2ccc3ccccc3n2)c1. The van der Waals surface area contributed by atoms with Crippen molar-refractivity contribution in [2.45, 2.75) is 32.3 Å². The van der Waals surface area contributed by atoms with Gasteiger partial charge in [0, 0.05) is 10.9 Å². The van der Waals surface area contributed by atoms with Crippen LogP contribution in [0.1, 0.15) is 29.7 Å². The maximum Gasteiger partial charge on any atom is 0.179 e. The van der Waals surface area contributed by atoms with Gasteiger partial charge in [-0.1, -0.05) is 48.5 Å². The highest BCUT2D eigenvalue weighted by atomic mass is 16.5. The summed E-state index contributed by atoms with van der Waals surface area (Å²) in [6, 6.07) is 26.7. The molecule has 7 nitrogen and oxygen atoms in total. The quantitative estimate of drug-likeness (QED) is 0.272. The van der Waals surface area contributed by atoms with Gasteiger partial charge >= 0.3 is 0 Å². The molecule has 0 spiro atoms. The van der Waals surface area contributed by atoms with Crippen LogP contribution in [0.3, 0.4) is 0 Å². The molecule has 0 aliphatic carbocycles. The summed E-state index contributed by atoms with van der Waals surface area (Å²) in [5.41, 5.74) is 5.28. The van der Waals surface area contributed by atoms with Crippen LogP contribution in [-0.2, 0) is 19.4 Å². The number of methoxy groups -OCH3 is 1. The number of nitrogens with zero attached hydrogens (tertiary/aromatic N) is 4. The Morgan fingerprint density at radius 1 is 0.857 bits per heavy atom. The summed E-state index contributed by atoms with van der Waals surface area (Å²) in [5.74, 6) is 2.36. The average Bonchev–Trinajstić information content (AvgIpc) is 3.45. The Labute approximate surface area is 204 Å². The van der Waals surface area contributed by atoms with E-state index in [2.05, 4.69) is 62.0 Å². The van der Waals surface area contributed by atoms with Crippen LogP contribution >= 0.6 is 0 Å². The van der Waals surface area contributed by atoms with Crippen molar-refractivity contribution < 1.29 is 9.47 Å². The van der Waals surface area contributed by atoms with Crippen LogP contribution in [0.2, 0.25) is 0 Å². The summed E-state index contributed by atoms with van der Waals surface area (Å²) in [4.78, 5) is 4.69. The second-order valence-electron chi connectivity index (χ2n) is 8.41. The van der Waals surface area contributed by atoms with Gasteiger partial charge in [0.15, 0.2) is 5.82 Å². The standard InChI is InChI=1S/C28H27N5O2/c1-34-27-18-23(28-30-32-33-31-28)14-13-22(27)10-3-2-7-20-8-6-11-25(17-20)35-19-24-16-15-21-9-4-5-12-26(21)29-24/h4-6,8-9,11-18H,2-3,7,10,19H2,1H3,(H,30,31,32,33). The first-order chi connectivity index (χ1) is 17.3. The zero-order valence-corrected chi connectivity index (χ0v) is 19.6. The van der Waals surface area contributed by atoms with Crippen molar-refractivity contribution in [3.05, 3.63) is 95.7 Å². The minimum absolute atomic E-state index is 0.453. The van der Waals surface area contributed by atoms with E-state index < -0.39 is 0 Å². The van der Waals surface area contributed by atoms with E-state index in [0.717, 1.165) is 59.3 Å². The Kier molecular flexibility index (Phi) is 6.94. The van der Waals surface area contributed by atoms with Crippen molar-refractivity contribution in [1.82, 2.24) is 25.6 Å². The Morgan fingerprint density at radius 2 is 1.77 bits per heavy atom. The van der Waals surface area contributed by atoms with E-state index in [9.17, 15) is 0 Å². The second-order valence-corrected chi connectivity index (χ2v) is 8.41. The number of hydrogen-bond donors (Lipinski definition) is 1. The number of aromatic nitrogens is 5. The molecule has 3 aromatic carbocycles. The molecule has 176 valence electrons. The molecule has 0 aliphatic rings. The van der Waals surface area contributed by atoms with E-state index in [1.165, 1.54) is 11.1 Å². The van der Waals surface area contributed by atoms with E-state index in [1.807, 2.05) is 42.5 Å². The summed E-state index contributed by atoms with van der Waals surface area (Å²) in [6.45, 7) is 0.453. The predicted molar refractivity (Wildman–Crippen MR) is 135 cm³/mol. The van der Waals surface area contributed by atoms with Gasteiger partial charge in [0.1, 0.15) is 18.1 Å². The molecule has 0 atom stereocenters. The summed E-state index contributed by atoms with van der Waals surface area (Å²) in [6.07, 6.45) is 4.08. The number of fused-ring (bicyclic) bond motifs is 1. The van der Waals surface area contributed by atoms with Gasteiger partial charge in [0.05, 0.1) is 18.3 Å². The highest BCUT2D eigenvalue weighted by molar-refractivity contribution is 5.78. The molecule has 0 radical (unpaired) electrons. The molecule has 35 heavy (non-hydrogen) atoms. The molecule has 0 amide bonds. The third-order valence-corrected chi connectivity index (χ3v) is 6.01. The van der Waals surface area contributed by atoms with Crippen molar-refractivity contribution in [2.24, 2.45) is 0 Å². The zero-order chi connectivity index (χ0) is 23.9. The number of hydrogen-bond acceptors (Lipinski definition) is 6. The first kappa shape index (κ1) is 22.5. The summed E-state index contributed by atoms with van der Waals surface area (Å²) in [5, 5.41) is 15.2. The number of pyridine rings is 1. The molecule has 0 aliphatic heterocycles.